The average molecular weight is 286 g/mol. The van der Waals surface area contributed by atoms with Gasteiger partial charge in [0.2, 0.25) is 0 Å². The summed E-state index contributed by atoms with van der Waals surface area (Å²) in [4.78, 5) is 0. The number of benzene rings is 2. The molecule has 0 heterocycles. The van der Waals surface area contributed by atoms with Crippen molar-refractivity contribution < 1.29 is 10.2 Å². The Bertz CT molecular complexity index is 503. The number of rotatable bonds is 5. The number of phenols is 2. The van der Waals surface area contributed by atoms with Crippen LogP contribution >= 0.6 is 0 Å². The van der Waals surface area contributed by atoms with Gasteiger partial charge in [0.25, 0.3) is 0 Å². The molecule has 2 N–H and O–H groups in total. The van der Waals surface area contributed by atoms with E-state index in [0.29, 0.717) is 11.5 Å². The minimum Gasteiger partial charge on any atom is -0.508 e. The van der Waals surface area contributed by atoms with Gasteiger partial charge in [0, 0.05) is 0 Å². The Hall–Kier alpha value is -1.96. The molecule has 0 amide bonds. The van der Waals surface area contributed by atoms with Gasteiger partial charge in [0.05, 0.1) is 0 Å². The van der Waals surface area contributed by atoms with Crippen LogP contribution in [-0.2, 0) is 12.8 Å². The Kier molecular flexibility index (Phi) is 8.03. The van der Waals surface area contributed by atoms with E-state index in [1.54, 1.807) is 18.2 Å². The zero-order valence-corrected chi connectivity index (χ0v) is 13.0. The number of hydrogen-bond acceptors (Lipinski definition) is 2. The van der Waals surface area contributed by atoms with E-state index in [1.807, 2.05) is 30.3 Å². The SMILES string of the molecule is CCCCc1ccc(O)cc1.CCCc1ccccc1O. The van der Waals surface area contributed by atoms with Gasteiger partial charge >= 0.3 is 0 Å². The van der Waals surface area contributed by atoms with Crippen LogP contribution in [0.3, 0.4) is 0 Å². The van der Waals surface area contributed by atoms with Crippen LogP contribution in [0.25, 0.3) is 0 Å². The fourth-order valence-electron chi connectivity index (χ4n) is 2.04. The van der Waals surface area contributed by atoms with E-state index in [-0.39, 0.29) is 0 Å². The van der Waals surface area contributed by atoms with Crippen molar-refractivity contribution in [3.63, 3.8) is 0 Å². The maximum absolute atomic E-state index is 9.24. The smallest absolute Gasteiger partial charge is 0.118 e. The van der Waals surface area contributed by atoms with Crippen molar-refractivity contribution in [2.45, 2.75) is 46.0 Å². The van der Waals surface area contributed by atoms with E-state index >= 15 is 0 Å². The number of phenolic OH excluding ortho intramolecular Hbond substituents is 2. The molecule has 2 aromatic carbocycles. The molecule has 0 aromatic heterocycles. The molecule has 2 aromatic rings. The van der Waals surface area contributed by atoms with Crippen LogP contribution < -0.4 is 0 Å². The first kappa shape index (κ1) is 17.1. The van der Waals surface area contributed by atoms with Gasteiger partial charge in [-0.15, -0.1) is 0 Å². The molecule has 0 aliphatic rings. The van der Waals surface area contributed by atoms with Crippen LogP contribution in [-0.4, -0.2) is 10.2 Å². The van der Waals surface area contributed by atoms with Crippen molar-refractivity contribution in [1.29, 1.82) is 0 Å². The maximum Gasteiger partial charge on any atom is 0.118 e. The van der Waals surface area contributed by atoms with Crippen molar-refractivity contribution in [3.05, 3.63) is 59.7 Å². The molecule has 0 bridgehead atoms. The van der Waals surface area contributed by atoms with E-state index in [1.165, 1.54) is 18.4 Å². The largest absolute Gasteiger partial charge is 0.508 e. The minimum absolute atomic E-state index is 0.352. The molecule has 21 heavy (non-hydrogen) atoms. The van der Waals surface area contributed by atoms with Crippen LogP contribution in [0.5, 0.6) is 11.5 Å². The van der Waals surface area contributed by atoms with Gasteiger partial charge in [-0.1, -0.05) is 57.0 Å². The second-order valence-corrected chi connectivity index (χ2v) is 5.15. The molecule has 0 saturated heterocycles. The molecule has 0 unspecified atom stereocenters. The third-order valence-corrected chi connectivity index (χ3v) is 3.27. The van der Waals surface area contributed by atoms with Crippen LogP contribution in [0, 0.1) is 0 Å². The molecule has 0 spiro atoms. The lowest BCUT2D eigenvalue weighted by Gasteiger charge is -1.99. The molecule has 0 aliphatic carbocycles. The summed E-state index contributed by atoms with van der Waals surface area (Å²) in [7, 11) is 0. The van der Waals surface area contributed by atoms with Crippen molar-refractivity contribution in [2.24, 2.45) is 0 Å². The summed E-state index contributed by atoms with van der Waals surface area (Å²) in [6, 6.07) is 14.9. The van der Waals surface area contributed by atoms with E-state index in [9.17, 15) is 5.11 Å². The van der Waals surface area contributed by atoms with Gasteiger partial charge < -0.3 is 10.2 Å². The third kappa shape index (κ3) is 6.84. The summed E-state index contributed by atoms with van der Waals surface area (Å²) >= 11 is 0. The Morgan fingerprint density at radius 1 is 0.762 bits per heavy atom. The van der Waals surface area contributed by atoms with Crippen molar-refractivity contribution in [1.82, 2.24) is 0 Å². The molecule has 0 aliphatic heterocycles. The number of hydrogen-bond donors (Lipinski definition) is 2. The Morgan fingerprint density at radius 2 is 1.43 bits per heavy atom. The van der Waals surface area contributed by atoms with Crippen LogP contribution in [0.4, 0.5) is 0 Å². The highest BCUT2D eigenvalue weighted by molar-refractivity contribution is 5.31. The zero-order chi connectivity index (χ0) is 15.5. The normalized spacial score (nSPS) is 9.81. The first-order valence-electron chi connectivity index (χ1n) is 7.72. The number of aromatic hydroxyl groups is 2. The maximum atomic E-state index is 9.24. The lowest BCUT2D eigenvalue weighted by molar-refractivity contribution is 0.467. The first-order valence-corrected chi connectivity index (χ1v) is 7.72. The van der Waals surface area contributed by atoms with Gasteiger partial charge in [0.1, 0.15) is 11.5 Å². The summed E-state index contributed by atoms with van der Waals surface area (Å²) in [6.07, 6.45) is 5.62. The Labute approximate surface area is 128 Å². The van der Waals surface area contributed by atoms with E-state index < -0.39 is 0 Å². The molecule has 0 radical (unpaired) electrons. The van der Waals surface area contributed by atoms with Gasteiger partial charge in [-0.2, -0.15) is 0 Å². The molecule has 2 heteroatoms. The van der Waals surface area contributed by atoms with Crippen molar-refractivity contribution in [3.8, 4) is 11.5 Å². The Balaban J connectivity index is 0.000000211. The highest BCUT2D eigenvalue weighted by Crippen LogP contribution is 2.16. The average Bonchev–Trinajstić information content (AvgIpc) is 2.50. The standard InChI is InChI=1S/C10H14O.C9H12O/c1-2-3-4-9-5-7-10(11)8-6-9;1-2-5-8-6-3-4-7-9(8)10/h5-8,11H,2-4H2,1H3;3-4,6-7,10H,2,5H2,1H3. The van der Waals surface area contributed by atoms with Crippen molar-refractivity contribution >= 4 is 0 Å². The molecular formula is C19H26O2. The molecule has 2 nitrogen and oxygen atoms in total. The number of para-hydroxylation sites is 1. The minimum atomic E-state index is 0.352. The Morgan fingerprint density at radius 3 is 2.00 bits per heavy atom. The fourth-order valence-corrected chi connectivity index (χ4v) is 2.04. The number of unbranched alkanes of at least 4 members (excludes halogenated alkanes) is 1. The lowest BCUT2D eigenvalue weighted by Crippen LogP contribution is -1.82. The summed E-state index contributed by atoms with van der Waals surface area (Å²) in [6.45, 7) is 4.28. The highest BCUT2D eigenvalue weighted by atomic mass is 16.3. The molecule has 0 saturated carbocycles. The van der Waals surface area contributed by atoms with E-state index in [0.717, 1.165) is 24.8 Å². The predicted molar refractivity (Wildman–Crippen MR) is 88.8 cm³/mol. The first-order chi connectivity index (χ1) is 10.2. The molecule has 0 fully saturated rings. The molecule has 2 rings (SSSR count). The summed E-state index contributed by atoms with van der Waals surface area (Å²) in [5, 5.41) is 18.2. The topological polar surface area (TPSA) is 40.5 Å². The summed E-state index contributed by atoms with van der Waals surface area (Å²) < 4.78 is 0. The van der Waals surface area contributed by atoms with Gasteiger partial charge in [-0.25, -0.2) is 0 Å². The van der Waals surface area contributed by atoms with Crippen LogP contribution in [0.15, 0.2) is 48.5 Å². The summed E-state index contributed by atoms with van der Waals surface area (Å²) in [5.74, 6) is 0.773. The third-order valence-electron chi connectivity index (χ3n) is 3.27. The van der Waals surface area contributed by atoms with Crippen LogP contribution in [0.2, 0.25) is 0 Å². The van der Waals surface area contributed by atoms with E-state index in [4.69, 9.17) is 5.11 Å². The van der Waals surface area contributed by atoms with Crippen molar-refractivity contribution in [2.75, 3.05) is 0 Å². The molecule has 0 atom stereocenters. The van der Waals surface area contributed by atoms with Gasteiger partial charge in [-0.3, -0.25) is 0 Å². The predicted octanol–water partition coefficient (Wildman–Crippen LogP) is 5.08. The quantitative estimate of drug-likeness (QED) is 0.804. The zero-order valence-electron chi connectivity index (χ0n) is 13.0. The second kappa shape index (κ2) is 9.87. The fraction of sp³-hybridized carbons (Fsp3) is 0.368. The highest BCUT2D eigenvalue weighted by Gasteiger charge is 1.95. The number of aryl methyl sites for hydroxylation is 2. The monoisotopic (exact) mass is 286 g/mol. The van der Waals surface area contributed by atoms with Crippen LogP contribution in [0.1, 0.15) is 44.2 Å². The molecule has 114 valence electrons. The second-order valence-electron chi connectivity index (χ2n) is 5.15. The van der Waals surface area contributed by atoms with E-state index in [2.05, 4.69) is 13.8 Å². The summed E-state index contributed by atoms with van der Waals surface area (Å²) in [5.41, 5.74) is 2.36. The van der Waals surface area contributed by atoms with Gasteiger partial charge in [-0.05, 0) is 48.6 Å². The molecular weight excluding hydrogens is 260 g/mol. The van der Waals surface area contributed by atoms with Gasteiger partial charge in [0.15, 0.2) is 0 Å². The lowest BCUT2D eigenvalue weighted by atomic mass is 10.1.